The molecule has 12 aromatic rings. The van der Waals surface area contributed by atoms with Gasteiger partial charge in [0.05, 0.1) is 140 Å². The molecule has 0 spiro atoms. The lowest BCUT2D eigenvalue weighted by Gasteiger charge is -2.38. The predicted molar refractivity (Wildman–Crippen MR) is 499 cm³/mol. The molecule has 4 aromatic carbocycles. The highest BCUT2D eigenvalue weighted by atomic mass is 35.5. The summed E-state index contributed by atoms with van der Waals surface area (Å²) in [7, 11) is -11.7. The van der Waals surface area contributed by atoms with E-state index >= 15 is 0 Å². The van der Waals surface area contributed by atoms with E-state index in [1.807, 2.05) is 43.0 Å². The second-order valence-electron chi connectivity index (χ2n) is 34.1. The number of methoxy groups -OCH3 is 2. The minimum absolute atomic E-state index is 0.00462. The number of rotatable bonds is 19. The Morgan fingerprint density at radius 3 is 0.956 bits per heavy atom. The zero-order valence-electron chi connectivity index (χ0n) is 78.8. The number of esters is 2. The first-order valence-electron chi connectivity index (χ1n) is 43.2. The highest BCUT2D eigenvalue weighted by molar-refractivity contribution is 7.91. The van der Waals surface area contributed by atoms with E-state index < -0.39 is 51.3 Å². The maximum absolute atomic E-state index is 12.4. The first-order chi connectivity index (χ1) is 63.7. The third kappa shape index (κ3) is 22.9. The highest BCUT2D eigenvalue weighted by Crippen LogP contribution is 2.43. The molecule has 0 fully saturated rings. The van der Waals surface area contributed by atoms with Crippen molar-refractivity contribution in [3.63, 3.8) is 0 Å². The van der Waals surface area contributed by atoms with Crippen LogP contribution < -0.4 is 20.0 Å². The molecule has 0 amide bonds. The van der Waals surface area contributed by atoms with Crippen molar-refractivity contribution in [1.82, 2.24) is 83.4 Å². The third-order valence-corrected chi connectivity index (χ3v) is 28.4. The number of aromatic nitrogens is 16. The summed E-state index contributed by atoms with van der Waals surface area (Å²) in [5.74, 6) is 4.64. The Hall–Kier alpha value is -11.9. The molecule has 4 aliphatic rings. The fourth-order valence-electron chi connectivity index (χ4n) is 17.1. The molecule has 12 heterocycles. The van der Waals surface area contributed by atoms with E-state index in [0.29, 0.717) is 125 Å². The Kier molecular flexibility index (Phi) is 34.1. The minimum Gasteiger partial charge on any atom is -0.465 e. The average Bonchev–Trinajstić information content (AvgIpc) is 1.62. The van der Waals surface area contributed by atoms with E-state index in [2.05, 4.69) is 138 Å². The van der Waals surface area contributed by atoms with Crippen molar-refractivity contribution in [3.8, 4) is 0 Å². The molecule has 8 aromatic heterocycles. The van der Waals surface area contributed by atoms with Gasteiger partial charge in [-0.05, 0) is 147 Å². The molecular formula is C90H113ClN20O20S4. The summed E-state index contributed by atoms with van der Waals surface area (Å²) in [6.07, 6.45) is 13.8. The van der Waals surface area contributed by atoms with Gasteiger partial charge in [0.15, 0.2) is 39.3 Å². The number of nitrogens with zero attached hydrogens (tertiary/aromatic N) is 19. The standard InChI is InChI=1S/C23H29N5O4S.2C21H27N5O4S.C16H21N3O4S.C7H9ClN2.2CO2/c1-7-15-12-24-23(25-14(15)4)28-9-8-27-18-11-19(33(6,30)31)16(22(29)32-5)10-17(18)26-21(27)20(28)13(2)3;2*1-12(2)19-20-24-16-7-14(10-27)18(31(4,29)30)8-17(16)25(20)5-6-26(19)21-22-9-15(11-28)13(3)23-21;1-9(2)14-15-18-11-7-10(16(20)23-3)13(24(4,21)22)8-12(11)19(15)6-5-17-14;1-3-6-4-9-7(8)10-5(6)2;2*2-1-3/h10-13,20H,7-9H2,1-6H3;2*7-9,12,19,27-28H,5-6,10-11H2,1-4H3;7-9,14,17H,5-6H2,1-4H3;4H,3H2,1-2H3;;/t20-;2*19-;14-;;;/m1101.../s1. The van der Waals surface area contributed by atoms with Crippen LogP contribution in [0.15, 0.2) is 92.9 Å². The van der Waals surface area contributed by atoms with Gasteiger partial charge in [0.2, 0.25) is 23.1 Å². The molecule has 0 bridgehead atoms. The van der Waals surface area contributed by atoms with Gasteiger partial charge in [-0.25, -0.2) is 103 Å². The van der Waals surface area contributed by atoms with Gasteiger partial charge in [0.1, 0.15) is 23.3 Å². The van der Waals surface area contributed by atoms with Gasteiger partial charge in [-0.3, -0.25) is 0 Å². The number of hydrogen-bond donors (Lipinski definition) is 5. The lowest BCUT2D eigenvalue weighted by molar-refractivity contribution is -0.193. The number of aliphatic hydroxyl groups is 4. The van der Waals surface area contributed by atoms with Gasteiger partial charge in [-0.1, -0.05) is 69.2 Å². The Balaban J connectivity index is 0.000000177. The van der Waals surface area contributed by atoms with E-state index in [-0.39, 0.29) is 111 Å². The Morgan fingerprint density at radius 2 is 0.681 bits per heavy atom. The first kappa shape index (κ1) is 105. The van der Waals surface area contributed by atoms with Crippen LogP contribution in [0.1, 0.15) is 194 Å². The number of aliphatic hydroxyl groups excluding tert-OH is 4. The normalized spacial score (nSPS) is 15.8. The second kappa shape index (κ2) is 43.8. The number of sulfone groups is 4. The van der Waals surface area contributed by atoms with E-state index in [0.717, 1.165) is 118 Å². The highest BCUT2D eigenvalue weighted by Gasteiger charge is 2.40. The summed E-state index contributed by atoms with van der Waals surface area (Å²) in [6.45, 7) is 32.9. The molecule has 16 rings (SSSR count). The number of benzene rings is 4. The topological polar surface area (TPSA) is 535 Å². The van der Waals surface area contributed by atoms with Gasteiger partial charge in [0, 0.05) is 136 Å². The quantitative estimate of drug-likeness (QED) is 0.0372. The first-order valence-corrected chi connectivity index (χ1v) is 51.1. The van der Waals surface area contributed by atoms with Crippen molar-refractivity contribution in [2.24, 2.45) is 23.7 Å². The summed E-state index contributed by atoms with van der Waals surface area (Å²) in [6, 6.07) is 12.4. The van der Waals surface area contributed by atoms with Crippen LogP contribution >= 0.6 is 11.6 Å². The molecule has 40 nitrogen and oxygen atoms in total. The second-order valence-corrected chi connectivity index (χ2v) is 42.3. The third-order valence-electron chi connectivity index (χ3n) is 23.6. The van der Waals surface area contributed by atoms with Crippen LogP contribution in [-0.2, 0) is 133 Å². The van der Waals surface area contributed by atoms with Crippen LogP contribution in [0, 0.1) is 51.4 Å². The van der Waals surface area contributed by atoms with Gasteiger partial charge >= 0.3 is 24.2 Å². The van der Waals surface area contributed by atoms with E-state index in [1.54, 1.807) is 42.9 Å². The van der Waals surface area contributed by atoms with Crippen LogP contribution in [0.2, 0.25) is 5.28 Å². The number of imidazole rings is 4. The zero-order valence-corrected chi connectivity index (χ0v) is 82.8. The van der Waals surface area contributed by atoms with Gasteiger partial charge in [-0.15, -0.1) is 0 Å². The van der Waals surface area contributed by atoms with Crippen molar-refractivity contribution in [1.29, 1.82) is 0 Å². The lowest BCUT2D eigenvalue weighted by Crippen LogP contribution is -2.42. The number of anilines is 3. The molecule has 0 radical (unpaired) electrons. The number of carbonyl (C=O) groups excluding carboxylic acids is 6. The molecule has 45 heteroatoms. The predicted octanol–water partition coefficient (Wildman–Crippen LogP) is 8.95. The van der Waals surface area contributed by atoms with Gasteiger partial charge in [-0.2, -0.15) is 19.2 Å². The molecule has 0 saturated carbocycles. The minimum atomic E-state index is -3.65. The van der Waals surface area contributed by atoms with Crippen LogP contribution in [-0.4, -0.2) is 222 Å². The van der Waals surface area contributed by atoms with Crippen LogP contribution in [0.5, 0.6) is 0 Å². The van der Waals surface area contributed by atoms with E-state index in [1.165, 1.54) is 38.5 Å². The average molecular weight is 1960 g/mol. The number of aryl methyl sites for hydroxylation is 6. The molecule has 0 saturated heterocycles. The van der Waals surface area contributed by atoms with E-state index in [9.17, 15) is 63.7 Å². The maximum Gasteiger partial charge on any atom is 0.373 e. The molecule has 724 valence electrons. The molecule has 0 unspecified atom stereocenters. The summed E-state index contributed by atoms with van der Waals surface area (Å²) in [4.78, 5) is 118. The van der Waals surface area contributed by atoms with Crippen LogP contribution in [0.25, 0.3) is 44.1 Å². The van der Waals surface area contributed by atoms with Crippen molar-refractivity contribution in [3.05, 3.63) is 169 Å². The molecule has 0 aliphatic carbocycles. The summed E-state index contributed by atoms with van der Waals surface area (Å²) >= 11 is 5.55. The number of fused-ring (bicyclic) bond motifs is 12. The van der Waals surface area contributed by atoms with Crippen molar-refractivity contribution >= 4 is 137 Å². The number of carbonyl (C=O) groups is 2. The fourth-order valence-corrected chi connectivity index (χ4v) is 20.9. The fraction of sp³-hybridized carbons (Fsp3) is 0.467. The SMILES string of the molecule is CCc1cnc(Cl)nc1C.CCc1cnc(N2CCn3c(nc4cc(C(=O)OC)c(S(C)(=O)=O)cc43)[C@H]2C(C)C)nc1C.COC(=O)c1cc2nc3n(c2cc1S(C)(=O)=O)CCN[C@@H]3C(C)C.Cc1nc(N2CCn3c(nc4cc(CO)c(S(C)(=O)=O)cc43)[C@@H]2C(C)C)ncc1CO.Cc1nc(N2CCn3c(nc4cc(CO)c(S(C)(=O)=O)cc43)[C@H]2C(C)C)ncc1CO.O=C=O.O=C=O. The van der Waals surface area contributed by atoms with Crippen LogP contribution in [0.3, 0.4) is 0 Å². The van der Waals surface area contributed by atoms with Crippen molar-refractivity contribution in [2.75, 3.05) is 80.1 Å². The molecule has 5 N–H and O–H groups in total. The molecular weight excluding hydrogens is 1840 g/mol. The monoisotopic (exact) mass is 1960 g/mol. The summed E-state index contributed by atoms with van der Waals surface area (Å²) < 4.78 is 116. The van der Waals surface area contributed by atoms with Crippen molar-refractivity contribution < 1.29 is 92.3 Å². The van der Waals surface area contributed by atoms with Gasteiger partial charge < -0.3 is 68.2 Å². The van der Waals surface area contributed by atoms with E-state index in [4.69, 9.17) is 60.2 Å². The zero-order chi connectivity index (χ0) is 99.7. The molecule has 4 atom stereocenters. The lowest BCUT2D eigenvalue weighted by atomic mass is 10.00. The Morgan fingerprint density at radius 1 is 0.400 bits per heavy atom. The Labute approximate surface area is 787 Å². The number of halogens is 1. The van der Waals surface area contributed by atoms with Crippen LogP contribution in [0.4, 0.5) is 17.8 Å². The smallest absolute Gasteiger partial charge is 0.373 e. The van der Waals surface area contributed by atoms with Crippen molar-refractivity contribution in [2.45, 2.75) is 206 Å². The molecule has 4 aliphatic heterocycles. The number of hydrogen-bond acceptors (Lipinski definition) is 36. The number of ether oxygens (including phenoxy) is 2. The summed E-state index contributed by atoms with van der Waals surface area (Å²) in [5.41, 5.74) is 13.2. The van der Waals surface area contributed by atoms with Gasteiger partial charge in [0.25, 0.3) is 0 Å². The number of nitrogens with one attached hydrogen (secondary N) is 1. The Bertz CT molecular complexity index is 6810. The maximum atomic E-state index is 12.4. The largest absolute Gasteiger partial charge is 0.465 e. The summed E-state index contributed by atoms with van der Waals surface area (Å²) in [5, 5.41) is 42.0. The molecule has 135 heavy (non-hydrogen) atoms.